The smallest absolute Gasteiger partial charge is 0.122 e. The minimum atomic E-state index is 0.515. The predicted molar refractivity (Wildman–Crippen MR) is 69.6 cm³/mol. The van der Waals surface area contributed by atoms with Crippen molar-refractivity contribution in [1.29, 1.82) is 0 Å². The van der Waals surface area contributed by atoms with Crippen LogP contribution in [0.25, 0.3) is 0 Å². The molecule has 1 heterocycles. The highest BCUT2D eigenvalue weighted by Gasteiger charge is 2.15. The fraction of sp³-hybridized carbons (Fsp3) is 0.600. The van der Waals surface area contributed by atoms with Crippen molar-refractivity contribution in [3.8, 4) is 5.75 Å². The number of rotatable bonds is 4. The average molecular weight is 234 g/mol. The van der Waals surface area contributed by atoms with E-state index in [1.54, 1.807) is 0 Å². The molecule has 1 aromatic carbocycles. The highest BCUT2D eigenvalue weighted by Crippen LogP contribution is 2.27. The van der Waals surface area contributed by atoms with E-state index >= 15 is 0 Å². The van der Waals surface area contributed by atoms with Crippen LogP contribution in [-0.2, 0) is 4.74 Å². The Bertz CT molecular complexity index is 341. The van der Waals surface area contributed by atoms with Crippen LogP contribution in [0.15, 0.2) is 24.3 Å². The first-order valence-electron chi connectivity index (χ1n) is 6.57. The van der Waals surface area contributed by atoms with Gasteiger partial charge in [0.15, 0.2) is 0 Å². The van der Waals surface area contributed by atoms with Gasteiger partial charge in [-0.05, 0) is 36.3 Å². The first-order chi connectivity index (χ1) is 8.27. The molecule has 0 amide bonds. The lowest BCUT2D eigenvalue weighted by Crippen LogP contribution is -2.21. The Labute approximate surface area is 104 Å². The summed E-state index contributed by atoms with van der Waals surface area (Å²) in [7, 11) is 0. The maximum Gasteiger partial charge on any atom is 0.122 e. The van der Waals surface area contributed by atoms with Crippen LogP contribution in [0.4, 0.5) is 0 Å². The van der Waals surface area contributed by atoms with Gasteiger partial charge in [-0.3, -0.25) is 0 Å². The van der Waals surface area contributed by atoms with Crippen molar-refractivity contribution in [1.82, 2.24) is 0 Å². The van der Waals surface area contributed by atoms with Gasteiger partial charge in [0, 0.05) is 13.2 Å². The highest BCUT2D eigenvalue weighted by molar-refractivity contribution is 5.35. The molecule has 17 heavy (non-hydrogen) atoms. The molecule has 2 nitrogen and oxygen atoms in total. The molecule has 2 rings (SSSR count). The van der Waals surface area contributed by atoms with E-state index in [9.17, 15) is 0 Å². The number of hydrogen-bond acceptors (Lipinski definition) is 2. The molecule has 1 aliphatic rings. The van der Waals surface area contributed by atoms with Gasteiger partial charge in [0.1, 0.15) is 5.75 Å². The van der Waals surface area contributed by atoms with Gasteiger partial charge in [-0.1, -0.05) is 32.0 Å². The zero-order chi connectivity index (χ0) is 12.1. The SMILES string of the molecule is CC(C)c1ccccc1OCC1CCOCC1. The highest BCUT2D eigenvalue weighted by atomic mass is 16.5. The van der Waals surface area contributed by atoms with Gasteiger partial charge >= 0.3 is 0 Å². The summed E-state index contributed by atoms with van der Waals surface area (Å²) in [6.45, 7) is 7.01. The Morgan fingerprint density at radius 2 is 1.94 bits per heavy atom. The lowest BCUT2D eigenvalue weighted by molar-refractivity contribution is 0.0496. The molecule has 0 unspecified atom stereocenters. The standard InChI is InChI=1S/C15H22O2/c1-12(2)14-5-3-4-6-15(14)17-11-13-7-9-16-10-8-13/h3-6,12-13H,7-11H2,1-2H3. The molecule has 94 valence electrons. The summed E-state index contributed by atoms with van der Waals surface area (Å²) in [6.07, 6.45) is 2.26. The van der Waals surface area contributed by atoms with Crippen molar-refractivity contribution in [3.05, 3.63) is 29.8 Å². The van der Waals surface area contributed by atoms with Crippen molar-refractivity contribution in [2.75, 3.05) is 19.8 Å². The second-order valence-electron chi connectivity index (χ2n) is 5.06. The quantitative estimate of drug-likeness (QED) is 0.792. The fourth-order valence-electron chi connectivity index (χ4n) is 2.21. The lowest BCUT2D eigenvalue weighted by Gasteiger charge is -2.23. The Morgan fingerprint density at radius 1 is 1.24 bits per heavy atom. The first-order valence-corrected chi connectivity index (χ1v) is 6.57. The first kappa shape index (κ1) is 12.4. The van der Waals surface area contributed by atoms with E-state index in [-0.39, 0.29) is 0 Å². The van der Waals surface area contributed by atoms with Gasteiger partial charge in [0.25, 0.3) is 0 Å². The number of para-hydroxylation sites is 1. The number of ether oxygens (including phenoxy) is 2. The summed E-state index contributed by atoms with van der Waals surface area (Å²) < 4.78 is 11.3. The van der Waals surface area contributed by atoms with Gasteiger partial charge in [-0.2, -0.15) is 0 Å². The van der Waals surface area contributed by atoms with Crippen LogP contribution in [0.3, 0.4) is 0 Å². The van der Waals surface area contributed by atoms with E-state index in [4.69, 9.17) is 9.47 Å². The zero-order valence-corrected chi connectivity index (χ0v) is 10.8. The predicted octanol–water partition coefficient (Wildman–Crippen LogP) is 3.62. The van der Waals surface area contributed by atoms with Crippen LogP contribution in [-0.4, -0.2) is 19.8 Å². The zero-order valence-electron chi connectivity index (χ0n) is 10.8. The molecular formula is C15H22O2. The minimum Gasteiger partial charge on any atom is -0.493 e. The third-order valence-electron chi connectivity index (χ3n) is 3.36. The van der Waals surface area contributed by atoms with Crippen LogP contribution in [0.1, 0.15) is 38.2 Å². The summed E-state index contributed by atoms with van der Waals surface area (Å²) >= 11 is 0. The number of hydrogen-bond donors (Lipinski definition) is 0. The second kappa shape index (κ2) is 6.06. The summed E-state index contributed by atoms with van der Waals surface area (Å²) in [4.78, 5) is 0. The molecule has 0 saturated carbocycles. The molecule has 0 bridgehead atoms. The van der Waals surface area contributed by atoms with E-state index in [1.165, 1.54) is 5.56 Å². The molecule has 0 aromatic heterocycles. The van der Waals surface area contributed by atoms with Gasteiger partial charge < -0.3 is 9.47 Å². The molecule has 0 atom stereocenters. The maximum absolute atomic E-state index is 5.98. The van der Waals surface area contributed by atoms with Crippen molar-refractivity contribution < 1.29 is 9.47 Å². The third kappa shape index (κ3) is 3.47. The van der Waals surface area contributed by atoms with Crippen LogP contribution in [0.5, 0.6) is 5.75 Å². The Kier molecular flexibility index (Phi) is 4.43. The van der Waals surface area contributed by atoms with Crippen molar-refractivity contribution in [2.45, 2.75) is 32.6 Å². The topological polar surface area (TPSA) is 18.5 Å². The van der Waals surface area contributed by atoms with Crippen molar-refractivity contribution >= 4 is 0 Å². The average Bonchev–Trinajstić information content (AvgIpc) is 2.38. The van der Waals surface area contributed by atoms with E-state index in [2.05, 4.69) is 32.0 Å². The largest absolute Gasteiger partial charge is 0.493 e. The molecule has 0 spiro atoms. The molecule has 0 radical (unpaired) electrons. The summed E-state index contributed by atoms with van der Waals surface area (Å²) in [5.41, 5.74) is 1.31. The Balaban J connectivity index is 1.93. The lowest BCUT2D eigenvalue weighted by atomic mass is 10.0. The normalized spacial score (nSPS) is 17.4. The summed E-state index contributed by atoms with van der Waals surface area (Å²) in [6, 6.07) is 8.36. The molecule has 1 aromatic rings. The molecule has 2 heteroatoms. The van der Waals surface area contributed by atoms with Crippen molar-refractivity contribution in [3.63, 3.8) is 0 Å². The molecule has 1 aliphatic heterocycles. The van der Waals surface area contributed by atoms with Gasteiger partial charge in [0.05, 0.1) is 6.61 Å². The maximum atomic E-state index is 5.98. The van der Waals surface area contributed by atoms with Crippen LogP contribution >= 0.6 is 0 Å². The summed E-state index contributed by atoms with van der Waals surface area (Å²) in [5.74, 6) is 2.22. The van der Waals surface area contributed by atoms with Crippen LogP contribution in [0.2, 0.25) is 0 Å². The third-order valence-corrected chi connectivity index (χ3v) is 3.36. The van der Waals surface area contributed by atoms with Gasteiger partial charge in [-0.25, -0.2) is 0 Å². The molecule has 1 fully saturated rings. The Hall–Kier alpha value is -1.02. The summed E-state index contributed by atoms with van der Waals surface area (Å²) in [5, 5.41) is 0. The van der Waals surface area contributed by atoms with E-state index in [1.807, 2.05) is 6.07 Å². The van der Waals surface area contributed by atoms with E-state index in [0.717, 1.165) is 38.4 Å². The molecule has 0 aliphatic carbocycles. The Morgan fingerprint density at radius 3 is 2.65 bits per heavy atom. The monoisotopic (exact) mass is 234 g/mol. The van der Waals surface area contributed by atoms with Crippen molar-refractivity contribution in [2.24, 2.45) is 5.92 Å². The van der Waals surface area contributed by atoms with Crippen LogP contribution < -0.4 is 4.74 Å². The molecule has 0 N–H and O–H groups in total. The van der Waals surface area contributed by atoms with E-state index < -0.39 is 0 Å². The minimum absolute atomic E-state index is 0.515. The van der Waals surface area contributed by atoms with Gasteiger partial charge in [-0.15, -0.1) is 0 Å². The van der Waals surface area contributed by atoms with Crippen LogP contribution in [0, 0.1) is 5.92 Å². The van der Waals surface area contributed by atoms with Gasteiger partial charge in [0.2, 0.25) is 0 Å². The molecular weight excluding hydrogens is 212 g/mol. The number of benzene rings is 1. The van der Waals surface area contributed by atoms with E-state index in [0.29, 0.717) is 11.8 Å². The fourth-order valence-corrected chi connectivity index (χ4v) is 2.21. The molecule has 1 saturated heterocycles. The second-order valence-corrected chi connectivity index (χ2v) is 5.06.